The summed E-state index contributed by atoms with van der Waals surface area (Å²) in [5, 5.41) is 2.35. The van der Waals surface area contributed by atoms with Gasteiger partial charge in [0.2, 0.25) is 0 Å². The molecule has 1 aliphatic carbocycles. The maximum absolute atomic E-state index is 14.2. The first-order valence-corrected chi connectivity index (χ1v) is 16.5. The van der Waals surface area contributed by atoms with Crippen LogP contribution < -0.4 is 4.90 Å². The maximum Gasteiger partial charge on any atom is 0.123 e. The first-order chi connectivity index (χ1) is 23.5. The molecule has 0 spiro atoms. The Kier molecular flexibility index (Phi) is 6.38. The predicted octanol–water partition coefficient (Wildman–Crippen LogP) is 12.4. The lowest BCUT2D eigenvalue weighted by Crippen LogP contribution is -2.14. The first-order valence-electron chi connectivity index (χ1n) is 16.5. The van der Waals surface area contributed by atoms with Gasteiger partial charge < -0.3 is 9.47 Å². The maximum atomic E-state index is 14.2. The first kappa shape index (κ1) is 28.3. The van der Waals surface area contributed by atoms with Gasteiger partial charge in [-0.05, 0) is 112 Å². The van der Waals surface area contributed by atoms with Gasteiger partial charge >= 0.3 is 0 Å². The van der Waals surface area contributed by atoms with E-state index >= 15 is 0 Å². The fourth-order valence-electron chi connectivity index (χ4n) is 7.68. The Morgan fingerprint density at radius 2 is 1.08 bits per heavy atom. The summed E-state index contributed by atoms with van der Waals surface area (Å²) in [6.07, 6.45) is 0. The molecule has 230 valence electrons. The highest BCUT2D eigenvalue weighted by Gasteiger charge is 2.35. The van der Waals surface area contributed by atoms with Crippen molar-refractivity contribution in [1.82, 2.24) is 4.57 Å². The number of hydrogen-bond acceptors (Lipinski definition) is 1. The molecule has 48 heavy (non-hydrogen) atoms. The summed E-state index contributed by atoms with van der Waals surface area (Å²) in [5.74, 6) is -0.253. The van der Waals surface area contributed by atoms with Crippen LogP contribution in [0.5, 0.6) is 0 Å². The van der Waals surface area contributed by atoms with Gasteiger partial charge in [0, 0.05) is 38.9 Å². The SMILES string of the molecule is CC1(C)c2ccccc2-c2ccc(-c3ccc(N(c4ccc(F)cc4)c4ccc5c(c4)c4ccccc4n5-c4ccccc4)cc3)cc21. The standard InChI is InChI=1S/C45H33FN2/c1-45(2)41-14-8-6-12-37(41)38-26-18-31(28-42(38)45)30-16-21-34(22-17-30)47(35-23-19-32(46)20-24-35)36-25-27-44-40(29-36)39-13-7-9-15-43(39)48(44)33-10-4-3-5-11-33/h3-29H,1-2H3. The number of rotatable bonds is 5. The Hall–Kier alpha value is -5.93. The molecule has 0 saturated carbocycles. The Bertz CT molecular complexity index is 2470. The van der Waals surface area contributed by atoms with Gasteiger partial charge in [0.15, 0.2) is 0 Å². The van der Waals surface area contributed by atoms with Crippen LogP contribution in [0.25, 0.3) is 49.7 Å². The lowest BCUT2D eigenvalue weighted by molar-refractivity contribution is 0.628. The normalized spacial score (nSPS) is 13.1. The summed E-state index contributed by atoms with van der Waals surface area (Å²) in [5.41, 5.74) is 14.0. The number of hydrogen-bond donors (Lipinski definition) is 0. The van der Waals surface area contributed by atoms with E-state index in [0.717, 1.165) is 44.7 Å². The second kappa shape index (κ2) is 10.8. The Balaban J connectivity index is 1.15. The topological polar surface area (TPSA) is 8.17 Å². The van der Waals surface area contributed by atoms with Gasteiger partial charge in [0.1, 0.15) is 5.82 Å². The van der Waals surface area contributed by atoms with E-state index in [0.29, 0.717) is 0 Å². The average Bonchev–Trinajstić information content (AvgIpc) is 3.58. The minimum Gasteiger partial charge on any atom is -0.310 e. The second-order valence-corrected chi connectivity index (χ2v) is 13.2. The minimum atomic E-state index is -0.253. The molecular weight excluding hydrogens is 588 g/mol. The highest BCUT2D eigenvalue weighted by molar-refractivity contribution is 6.10. The molecule has 0 bridgehead atoms. The molecule has 0 saturated heterocycles. The van der Waals surface area contributed by atoms with Gasteiger partial charge in [-0.2, -0.15) is 0 Å². The Morgan fingerprint density at radius 3 is 1.88 bits per heavy atom. The molecule has 8 aromatic rings. The van der Waals surface area contributed by atoms with Crippen LogP contribution in [0.4, 0.5) is 21.5 Å². The third kappa shape index (κ3) is 4.39. The van der Waals surface area contributed by atoms with E-state index in [1.54, 1.807) is 0 Å². The van der Waals surface area contributed by atoms with Crippen LogP contribution in [-0.4, -0.2) is 4.57 Å². The van der Waals surface area contributed by atoms with Crippen molar-refractivity contribution in [1.29, 1.82) is 0 Å². The van der Waals surface area contributed by atoms with Crippen molar-refractivity contribution >= 4 is 38.9 Å². The van der Waals surface area contributed by atoms with E-state index in [9.17, 15) is 4.39 Å². The number of halogens is 1. The van der Waals surface area contributed by atoms with Crippen molar-refractivity contribution < 1.29 is 4.39 Å². The molecule has 1 aliphatic rings. The summed E-state index contributed by atoms with van der Waals surface area (Å²) in [6, 6.07) is 56.8. The van der Waals surface area contributed by atoms with Crippen molar-refractivity contribution in [3.05, 3.63) is 181 Å². The van der Waals surface area contributed by atoms with Gasteiger partial charge in [0.25, 0.3) is 0 Å². The van der Waals surface area contributed by atoms with Crippen LogP contribution in [0.15, 0.2) is 164 Å². The Labute approximate surface area is 280 Å². The van der Waals surface area contributed by atoms with Crippen molar-refractivity contribution in [2.45, 2.75) is 19.3 Å². The number of para-hydroxylation sites is 2. The second-order valence-electron chi connectivity index (χ2n) is 13.2. The van der Waals surface area contributed by atoms with E-state index in [4.69, 9.17) is 0 Å². The molecule has 0 N–H and O–H groups in total. The predicted molar refractivity (Wildman–Crippen MR) is 198 cm³/mol. The molecule has 0 amide bonds. The minimum absolute atomic E-state index is 0.0520. The molecule has 7 aromatic carbocycles. The zero-order valence-corrected chi connectivity index (χ0v) is 26.9. The van der Waals surface area contributed by atoms with Gasteiger partial charge in [-0.25, -0.2) is 4.39 Å². The number of anilines is 3. The summed E-state index contributed by atoms with van der Waals surface area (Å²) >= 11 is 0. The third-order valence-corrected chi connectivity index (χ3v) is 10.1. The molecule has 9 rings (SSSR count). The van der Waals surface area contributed by atoms with E-state index in [1.807, 2.05) is 18.2 Å². The van der Waals surface area contributed by atoms with Crippen LogP contribution in [-0.2, 0) is 5.41 Å². The fraction of sp³-hybridized carbons (Fsp3) is 0.0667. The number of benzene rings is 7. The largest absolute Gasteiger partial charge is 0.310 e. The van der Waals surface area contributed by atoms with Gasteiger partial charge in [-0.1, -0.05) is 98.8 Å². The van der Waals surface area contributed by atoms with Crippen molar-refractivity contribution in [3.8, 4) is 27.9 Å². The summed E-state index contributed by atoms with van der Waals surface area (Å²) in [7, 11) is 0. The van der Waals surface area contributed by atoms with Crippen LogP contribution in [0.2, 0.25) is 0 Å². The number of aromatic nitrogens is 1. The molecule has 1 heterocycles. The van der Waals surface area contributed by atoms with E-state index in [2.05, 4.69) is 157 Å². The highest BCUT2D eigenvalue weighted by Crippen LogP contribution is 2.49. The number of nitrogens with zero attached hydrogens (tertiary/aromatic N) is 2. The third-order valence-electron chi connectivity index (χ3n) is 10.1. The van der Waals surface area contributed by atoms with Gasteiger partial charge in [-0.3, -0.25) is 0 Å². The summed E-state index contributed by atoms with van der Waals surface area (Å²) < 4.78 is 16.5. The van der Waals surface area contributed by atoms with Crippen LogP contribution in [0, 0.1) is 5.82 Å². The lowest BCUT2D eigenvalue weighted by atomic mass is 9.81. The Morgan fingerprint density at radius 1 is 0.479 bits per heavy atom. The lowest BCUT2D eigenvalue weighted by Gasteiger charge is -2.26. The molecule has 0 radical (unpaired) electrons. The molecule has 0 aliphatic heterocycles. The van der Waals surface area contributed by atoms with Gasteiger partial charge in [-0.15, -0.1) is 0 Å². The van der Waals surface area contributed by atoms with E-state index < -0.39 is 0 Å². The van der Waals surface area contributed by atoms with Crippen LogP contribution in [0.1, 0.15) is 25.0 Å². The average molecular weight is 621 g/mol. The fourth-order valence-corrected chi connectivity index (χ4v) is 7.68. The molecule has 0 fully saturated rings. The van der Waals surface area contributed by atoms with Crippen molar-refractivity contribution in [2.24, 2.45) is 0 Å². The highest BCUT2D eigenvalue weighted by atomic mass is 19.1. The molecule has 0 atom stereocenters. The van der Waals surface area contributed by atoms with Gasteiger partial charge in [0.05, 0.1) is 11.0 Å². The number of fused-ring (bicyclic) bond motifs is 6. The zero-order valence-electron chi connectivity index (χ0n) is 26.9. The quantitative estimate of drug-likeness (QED) is 0.186. The van der Waals surface area contributed by atoms with Crippen molar-refractivity contribution in [3.63, 3.8) is 0 Å². The summed E-state index contributed by atoms with van der Waals surface area (Å²) in [4.78, 5) is 2.21. The zero-order chi connectivity index (χ0) is 32.4. The van der Waals surface area contributed by atoms with E-state index in [1.165, 1.54) is 45.3 Å². The van der Waals surface area contributed by atoms with E-state index in [-0.39, 0.29) is 11.2 Å². The smallest absolute Gasteiger partial charge is 0.123 e. The molecule has 2 nitrogen and oxygen atoms in total. The van der Waals surface area contributed by atoms with Crippen LogP contribution in [0.3, 0.4) is 0 Å². The monoisotopic (exact) mass is 620 g/mol. The van der Waals surface area contributed by atoms with Crippen LogP contribution >= 0.6 is 0 Å². The van der Waals surface area contributed by atoms with Crippen molar-refractivity contribution in [2.75, 3.05) is 4.90 Å². The molecular formula is C45H33FN2. The molecule has 3 heteroatoms. The molecule has 1 aromatic heterocycles. The summed E-state index contributed by atoms with van der Waals surface area (Å²) in [6.45, 7) is 4.64. The molecule has 0 unspecified atom stereocenters.